The summed E-state index contributed by atoms with van der Waals surface area (Å²) >= 11 is 0. The molecule has 0 bridgehead atoms. The molecule has 3 heteroatoms. The van der Waals surface area contributed by atoms with Crippen LogP contribution in [0.3, 0.4) is 0 Å². The lowest BCUT2D eigenvalue weighted by molar-refractivity contribution is -0.117. The molecule has 0 spiro atoms. The molecule has 122 valence electrons. The maximum Gasteiger partial charge on any atom is 0.247 e. The maximum absolute atomic E-state index is 12.5. The fraction of sp³-hybridized carbons (Fsp3) is 0.286. The molecule has 1 N–H and O–H groups in total. The molecule has 4 rings (SSSR count). The van der Waals surface area contributed by atoms with Crippen LogP contribution in [0.5, 0.6) is 0 Å². The predicted octanol–water partition coefficient (Wildman–Crippen LogP) is 2.80. The van der Waals surface area contributed by atoms with E-state index in [0.29, 0.717) is 12.6 Å². The van der Waals surface area contributed by atoms with Crippen molar-refractivity contribution in [2.24, 2.45) is 0 Å². The quantitative estimate of drug-likeness (QED) is 0.944. The SMILES string of the molecule is CN1Cc2ccccc2C[C@H]1CNC(=O)C1=Cc2ccccc2C1. The average molecular weight is 318 g/mol. The Balaban J connectivity index is 1.39. The van der Waals surface area contributed by atoms with Crippen molar-refractivity contribution in [2.45, 2.75) is 25.4 Å². The largest absolute Gasteiger partial charge is 0.351 e. The number of rotatable bonds is 3. The summed E-state index contributed by atoms with van der Waals surface area (Å²) in [5, 5.41) is 3.14. The molecule has 1 amide bonds. The van der Waals surface area contributed by atoms with Crippen molar-refractivity contribution in [1.29, 1.82) is 0 Å². The molecule has 2 aromatic rings. The lowest BCUT2D eigenvalue weighted by Gasteiger charge is -2.34. The van der Waals surface area contributed by atoms with Gasteiger partial charge in [-0.3, -0.25) is 9.69 Å². The first-order chi connectivity index (χ1) is 11.7. The zero-order chi connectivity index (χ0) is 16.5. The van der Waals surface area contributed by atoms with E-state index in [-0.39, 0.29) is 5.91 Å². The van der Waals surface area contributed by atoms with E-state index in [4.69, 9.17) is 0 Å². The van der Waals surface area contributed by atoms with Gasteiger partial charge in [0, 0.05) is 31.1 Å². The first-order valence-corrected chi connectivity index (χ1v) is 8.54. The van der Waals surface area contributed by atoms with Crippen LogP contribution >= 0.6 is 0 Å². The van der Waals surface area contributed by atoms with E-state index < -0.39 is 0 Å². The van der Waals surface area contributed by atoms with Crippen LogP contribution in [0.1, 0.15) is 22.3 Å². The van der Waals surface area contributed by atoms with Gasteiger partial charge in [0.25, 0.3) is 0 Å². The molecule has 2 aromatic carbocycles. The van der Waals surface area contributed by atoms with Crippen LogP contribution in [-0.2, 0) is 24.2 Å². The molecule has 0 saturated heterocycles. The second-order valence-corrected chi connectivity index (χ2v) is 6.80. The van der Waals surface area contributed by atoms with Crippen LogP contribution in [-0.4, -0.2) is 30.4 Å². The fourth-order valence-electron chi connectivity index (χ4n) is 3.70. The van der Waals surface area contributed by atoms with Gasteiger partial charge in [0.1, 0.15) is 0 Å². The Morgan fingerprint density at radius 3 is 2.58 bits per heavy atom. The third kappa shape index (κ3) is 2.87. The number of benzene rings is 2. The van der Waals surface area contributed by atoms with E-state index >= 15 is 0 Å². The third-order valence-electron chi connectivity index (χ3n) is 5.17. The highest BCUT2D eigenvalue weighted by atomic mass is 16.1. The van der Waals surface area contributed by atoms with Gasteiger partial charge in [0.15, 0.2) is 0 Å². The highest BCUT2D eigenvalue weighted by Gasteiger charge is 2.24. The average Bonchev–Trinajstić information content (AvgIpc) is 3.04. The fourth-order valence-corrected chi connectivity index (χ4v) is 3.70. The molecular formula is C21H22N2O. The van der Waals surface area contributed by atoms with Gasteiger partial charge in [0.05, 0.1) is 0 Å². The van der Waals surface area contributed by atoms with E-state index in [1.54, 1.807) is 0 Å². The Labute approximate surface area is 143 Å². The second-order valence-electron chi connectivity index (χ2n) is 6.80. The Morgan fingerprint density at radius 2 is 1.79 bits per heavy atom. The van der Waals surface area contributed by atoms with Crippen LogP contribution < -0.4 is 5.32 Å². The second kappa shape index (κ2) is 6.25. The Bertz CT molecular complexity index is 809. The lowest BCUT2D eigenvalue weighted by atomic mass is 9.94. The Hall–Kier alpha value is -2.39. The van der Waals surface area contributed by atoms with Gasteiger partial charge in [-0.25, -0.2) is 0 Å². The summed E-state index contributed by atoms with van der Waals surface area (Å²) < 4.78 is 0. The highest BCUT2D eigenvalue weighted by Crippen LogP contribution is 2.25. The number of amides is 1. The van der Waals surface area contributed by atoms with E-state index in [9.17, 15) is 4.79 Å². The monoisotopic (exact) mass is 318 g/mol. The number of hydrogen-bond donors (Lipinski definition) is 1. The molecule has 1 aliphatic heterocycles. The van der Waals surface area contributed by atoms with Crippen LogP contribution in [0.4, 0.5) is 0 Å². The van der Waals surface area contributed by atoms with Gasteiger partial charge in [-0.15, -0.1) is 0 Å². The molecular weight excluding hydrogens is 296 g/mol. The Morgan fingerprint density at radius 1 is 1.08 bits per heavy atom. The van der Waals surface area contributed by atoms with Crippen molar-refractivity contribution in [3.05, 3.63) is 76.4 Å². The molecule has 24 heavy (non-hydrogen) atoms. The van der Waals surface area contributed by atoms with Crippen molar-refractivity contribution in [1.82, 2.24) is 10.2 Å². The van der Waals surface area contributed by atoms with Gasteiger partial charge in [-0.1, -0.05) is 48.5 Å². The van der Waals surface area contributed by atoms with Gasteiger partial charge < -0.3 is 5.32 Å². The van der Waals surface area contributed by atoms with Gasteiger partial charge in [-0.2, -0.15) is 0 Å². The van der Waals surface area contributed by atoms with Crippen molar-refractivity contribution < 1.29 is 4.79 Å². The molecule has 0 saturated carbocycles. The molecule has 0 radical (unpaired) electrons. The minimum atomic E-state index is 0.0680. The van der Waals surface area contributed by atoms with E-state index in [1.807, 2.05) is 18.2 Å². The summed E-state index contributed by atoms with van der Waals surface area (Å²) in [6.45, 7) is 1.64. The minimum Gasteiger partial charge on any atom is -0.351 e. The number of fused-ring (bicyclic) bond motifs is 2. The zero-order valence-corrected chi connectivity index (χ0v) is 14.0. The topological polar surface area (TPSA) is 32.3 Å². The predicted molar refractivity (Wildman–Crippen MR) is 96.5 cm³/mol. The van der Waals surface area contributed by atoms with Crippen LogP contribution in [0.2, 0.25) is 0 Å². The minimum absolute atomic E-state index is 0.0680. The van der Waals surface area contributed by atoms with Gasteiger partial charge in [-0.05, 0) is 41.8 Å². The number of carbonyl (C=O) groups is 1. The first kappa shape index (κ1) is 15.2. The van der Waals surface area contributed by atoms with E-state index in [2.05, 4.69) is 53.7 Å². The van der Waals surface area contributed by atoms with Gasteiger partial charge in [0.2, 0.25) is 5.91 Å². The zero-order valence-electron chi connectivity index (χ0n) is 14.0. The number of nitrogens with zero attached hydrogens (tertiary/aromatic N) is 1. The normalized spacial score (nSPS) is 19.4. The standard InChI is InChI=1S/C21H22N2O/c1-23-14-18-9-5-4-8-17(18)12-20(23)13-22-21(24)19-10-15-6-2-3-7-16(15)11-19/h2-10,20H,11-14H2,1H3,(H,22,24)/t20-/m0/s1. The van der Waals surface area contributed by atoms with Crippen LogP contribution in [0.15, 0.2) is 54.1 Å². The molecule has 0 aromatic heterocycles. The van der Waals surface area contributed by atoms with Crippen LogP contribution in [0, 0.1) is 0 Å². The number of carbonyl (C=O) groups excluding carboxylic acids is 1. The summed E-state index contributed by atoms with van der Waals surface area (Å²) in [7, 11) is 2.14. The summed E-state index contributed by atoms with van der Waals surface area (Å²) in [4.78, 5) is 14.8. The molecule has 1 atom stereocenters. The van der Waals surface area contributed by atoms with Crippen molar-refractivity contribution in [2.75, 3.05) is 13.6 Å². The molecule has 0 fully saturated rings. The molecule has 1 aliphatic carbocycles. The maximum atomic E-state index is 12.5. The smallest absolute Gasteiger partial charge is 0.247 e. The summed E-state index contributed by atoms with van der Waals surface area (Å²) in [5.41, 5.74) is 6.09. The van der Waals surface area contributed by atoms with Gasteiger partial charge >= 0.3 is 0 Å². The molecule has 3 nitrogen and oxygen atoms in total. The van der Waals surface area contributed by atoms with Crippen molar-refractivity contribution >= 4 is 12.0 Å². The van der Waals surface area contributed by atoms with E-state index in [0.717, 1.165) is 25.0 Å². The van der Waals surface area contributed by atoms with Crippen molar-refractivity contribution in [3.8, 4) is 0 Å². The van der Waals surface area contributed by atoms with Crippen molar-refractivity contribution in [3.63, 3.8) is 0 Å². The number of likely N-dealkylation sites (N-methyl/N-ethyl adjacent to an activating group) is 1. The number of hydrogen-bond acceptors (Lipinski definition) is 2. The highest BCUT2D eigenvalue weighted by molar-refractivity contribution is 6.00. The third-order valence-corrected chi connectivity index (χ3v) is 5.17. The number of nitrogens with one attached hydrogen (secondary N) is 1. The molecule has 1 heterocycles. The Kier molecular flexibility index (Phi) is 3.95. The molecule has 0 unspecified atom stereocenters. The van der Waals surface area contributed by atoms with Crippen LogP contribution in [0.25, 0.3) is 6.08 Å². The summed E-state index contributed by atoms with van der Waals surface area (Å²) in [5.74, 6) is 0.0680. The van der Waals surface area contributed by atoms with E-state index in [1.165, 1.54) is 22.3 Å². The lowest BCUT2D eigenvalue weighted by Crippen LogP contribution is -2.45. The summed E-state index contributed by atoms with van der Waals surface area (Å²) in [6, 6.07) is 17.2. The summed E-state index contributed by atoms with van der Waals surface area (Å²) in [6.07, 6.45) is 3.75. The molecule has 2 aliphatic rings. The first-order valence-electron chi connectivity index (χ1n) is 8.54.